The summed E-state index contributed by atoms with van der Waals surface area (Å²) < 4.78 is 1.99. The van der Waals surface area contributed by atoms with E-state index < -0.39 is 46.9 Å². The van der Waals surface area contributed by atoms with E-state index in [1.807, 2.05) is 102 Å². The zero-order valence-corrected chi connectivity index (χ0v) is 21.8. The first-order valence-electron chi connectivity index (χ1n) is 12.6. The van der Waals surface area contributed by atoms with E-state index in [9.17, 15) is 25.0 Å². The molecule has 13 nitrogen and oxygen atoms in total. The number of nitrogens with one attached hydrogen (secondary N) is 1. The van der Waals surface area contributed by atoms with Crippen LogP contribution in [0.1, 0.15) is 22.4 Å². The van der Waals surface area contributed by atoms with Gasteiger partial charge in [0.05, 0.1) is 18.1 Å². The number of nitrogens with two attached hydrogens (primary N) is 1. The number of hydrogen-bond acceptors (Lipinski definition) is 9. The summed E-state index contributed by atoms with van der Waals surface area (Å²) in [5.41, 5.74) is 8.88. The summed E-state index contributed by atoms with van der Waals surface area (Å²) in [5.74, 6) is -0.641. The van der Waals surface area contributed by atoms with Crippen LogP contribution >= 0.6 is 0 Å². The smallest absolute Gasteiger partial charge is 0.294 e. The molecule has 0 saturated carbocycles. The molecule has 3 N–H and O–H groups in total. The Morgan fingerprint density at radius 1 is 0.902 bits per heavy atom. The lowest BCUT2D eigenvalue weighted by Gasteiger charge is -2.37. The van der Waals surface area contributed by atoms with Crippen LogP contribution in [0.15, 0.2) is 104 Å². The first-order chi connectivity index (χ1) is 19.8. The largest absolute Gasteiger partial charge is 0.352 e. The molecule has 0 fully saturated rings. The van der Waals surface area contributed by atoms with Gasteiger partial charge in [0.2, 0.25) is 5.91 Å². The molecular weight excluding hydrogens is 532 g/mol. The van der Waals surface area contributed by atoms with Crippen molar-refractivity contribution in [3.05, 3.63) is 146 Å². The molecule has 4 aromatic rings. The number of imidazole rings is 1. The minimum Gasteiger partial charge on any atom is -0.352 e. The van der Waals surface area contributed by atoms with Crippen LogP contribution < -0.4 is 11.1 Å². The summed E-state index contributed by atoms with van der Waals surface area (Å²) in [6, 6.07) is 28.9. The van der Waals surface area contributed by atoms with Crippen LogP contribution in [-0.2, 0) is 26.4 Å². The lowest BCUT2D eigenvalue weighted by molar-refractivity contribution is -0.789. The molecule has 0 saturated heterocycles. The minimum atomic E-state index is -1.39. The Bertz CT molecular complexity index is 1350. The van der Waals surface area contributed by atoms with Gasteiger partial charge in [-0.25, -0.2) is 4.98 Å². The summed E-state index contributed by atoms with van der Waals surface area (Å²) in [4.78, 5) is 46.8. The van der Waals surface area contributed by atoms with Crippen molar-refractivity contribution in [3.8, 4) is 0 Å². The molecule has 2 atom stereocenters. The van der Waals surface area contributed by atoms with E-state index >= 15 is 0 Å². The van der Waals surface area contributed by atoms with Gasteiger partial charge in [-0.1, -0.05) is 91.0 Å². The Balaban J connectivity index is 1.59. The summed E-state index contributed by atoms with van der Waals surface area (Å²) in [6.45, 7) is -1.16. The second-order valence-electron chi connectivity index (χ2n) is 9.11. The Hall–Kier alpha value is -5.30. The van der Waals surface area contributed by atoms with Crippen molar-refractivity contribution in [2.45, 2.75) is 24.1 Å². The molecule has 4 rings (SSSR count). The molecule has 1 aromatic heterocycles. The normalized spacial score (nSPS) is 12.6. The number of hydrogen-bond donors (Lipinski definition) is 2. The molecule has 0 aliphatic rings. The fourth-order valence-corrected chi connectivity index (χ4v) is 4.69. The van der Waals surface area contributed by atoms with Crippen molar-refractivity contribution in [1.82, 2.24) is 14.9 Å². The van der Waals surface area contributed by atoms with Crippen LogP contribution in [0.3, 0.4) is 0 Å². The zero-order chi connectivity index (χ0) is 29.2. The third kappa shape index (κ3) is 6.83. The Morgan fingerprint density at radius 2 is 1.41 bits per heavy atom. The molecule has 13 heteroatoms. The first-order valence-corrected chi connectivity index (χ1v) is 12.6. The molecule has 1 heterocycles. The average Bonchev–Trinajstić information content (AvgIpc) is 3.44. The molecule has 0 spiro atoms. The molecule has 1 amide bonds. The highest BCUT2D eigenvalue weighted by Gasteiger charge is 2.38. The van der Waals surface area contributed by atoms with Gasteiger partial charge in [-0.2, -0.15) is 0 Å². The van der Waals surface area contributed by atoms with Crippen molar-refractivity contribution in [1.29, 1.82) is 0 Å². The van der Waals surface area contributed by atoms with E-state index in [1.165, 1.54) is 0 Å². The van der Waals surface area contributed by atoms with Gasteiger partial charge in [-0.3, -0.25) is 4.79 Å². The predicted molar refractivity (Wildman–Crippen MR) is 146 cm³/mol. The minimum absolute atomic E-state index is 0.0550. The zero-order valence-electron chi connectivity index (χ0n) is 21.8. The fourth-order valence-electron chi connectivity index (χ4n) is 4.69. The van der Waals surface area contributed by atoms with Gasteiger partial charge in [0.1, 0.15) is 18.2 Å². The maximum absolute atomic E-state index is 12.7. The van der Waals surface area contributed by atoms with Gasteiger partial charge in [-0.15, -0.1) is 20.2 Å². The predicted octanol–water partition coefficient (Wildman–Crippen LogP) is 2.49. The molecule has 0 bridgehead atoms. The van der Waals surface area contributed by atoms with Crippen molar-refractivity contribution in [2.24, 2.45) is 5.73 Å². The fraction of sp³-hybridized carbons (Fsp3) is 0.214. The van der Waals surface area contributed by atoms with E-state index in [1.54, 1.807) is 6.33 Å². The van der Waals surface area contributed by atoms with Gasteiger partial charge >= 0.3 is 0 Å². The number of nitrogens with zero attached hydrogens (tertiary/aromatic N) is 4. The molecular formula is C28H28N6O7. The maximum Gasteiger partial charge on any atom is 0.294 e. The second-order valence-corrected chi connectivity index (χ2v) is 9.11. The molecule has 212 valence electrons. The third-order valence-corrected chi connectivity index (χ3v) is 6.47. The first kappa shape index (κ1) is 28.7. The van der Waals surface area contributed by atoms with E-state index in [0.717, 1.165) is 16.7 Å². The number of amides is 1. The van der Waals surface area contributed by atoms with E-state index in [2.05, 4.69) is 20.0 Å². The maximum atomic E-state index is 12.7. The second kappa shape index (κ2) is 13.2. The molecule has 0 aliphatic carbocycles. The SMILES string of the molecule is N[C@@H](Cc1cn(C(c2ccccc2)(c2ccccc2)c2ccccc2)cn1)C(=O)NC[C@H](CO[N+](=O)[O-])O[N+](=O)[O-]. The van der Waals surface area contributed by atoms with Crippen molar-refractivity contribution in [2.75, 3.05) is 13.2 Å². The van der Waals surface area contributed by atoms with Crippen LogP contribution in [-0.4, -0.2) is 50.9 Å². The van der Waals surface area contributed by atoms with Crippen LogP contribution in [0, 0.1) is 20.2 Å². The van der Waals surface area contributed by atoms with Crippen molar-refractivity contribution >= 4 is 5.91 Å². The lowest BCUT2D eigenvalue weighted by Crippen LogP contribution is -2.46. The number of benzene rings is 3. The van der Waals surface area contributed by atoms with Gasteiger partial charge in [0, 0.05) is 19.2 Å². The molecule has 0 aliphatic heterocycles. The quantitative estimate of drug-likeness (QED) is 0.133. The van der Waals surface area contributed by atoms with Crippen LogP contribution in [0.4, 0.5) is 0 Å². The van der Waals surface area contributed by atoms with E-state index in [-0.39, 0.29) is 6.42 Å². The van der Waals surface area contributed by atoms with Gasteiger partial charge in [0.25, 0.3) is 10.2 Å². The van der Waals surface area contributed by atoms with Crippen molar-refractivity contribution < 1.29 is 24.6 Å². The Labute approximate surface area is 234 Å². The summed E-state index contributed by atoms with van der Waals surface area (Å²) in [5, 5.41) is 21.3. The topological polar surface area (TPSA) is 178 Å². The summed E-state index contributed by atoms with van der Waals surface area (Å²) >= 11 is 0. The van der Waals surface area contributed by atoms with Gasteiger partial charge < -0.3 is 25.3 Å². The lowest BCUT2D eigenvalue weighted by atomic mass is 9.77. The number of carbonyl (C=O) groups is 1. The summed E-state index contributed by atoms with van der Waals surface area (Å²) in [7, 11) is 0. The highest BCUT2D eigenvalue weighted by atomic mass is 17.0. The number of aromatic nitrogens is 2. The Kier molecular flexibility index (Phi) is 9.22. The molecule has 41 heavy (non-hydrogen) atoms. The monoisotopic (exact) mass is 560 g/mol. The standard InChI is InChI=1S/C28H28N6O7/c29-26(27(35)30-17-25(41-34(38)39)19-40-33(36)37)16-24-18-32(20-31-24)28(21-10-4-1-5-11-21,22-12-6-2-7-13-22)23-14-8-3-9-15-23/h1-15,18,20,25-26H,16-17,19,29H2,(H,30,35)/t25-,26+/m1/s1. The van der Waals surface area contributed by atoms with Crippen molar-refractivity contribution in [3.63, 3.8) is 0 Å². The number of carbonyl (C=O) groups excluding carboxylic acids is 1. The third-order valence-electron chi connectivity index (χ3n) is 6.47. The molecule has 0 radical (unpaired) electrons. The highest BCUT2D eigenvalue weighted by molar-refractivity contribution is 5.81. The summed E-state index contributed by atoms with van der Waals surface area (Å²) in [6.07, 6.45) is 2.19. The van der Waals surface area contributed by atoms with Crippen LogP contribution in [0.25, 0.3) is 0 Å². The molecule has 0 unspecified atom stereocenters. The van der Waals surface area contributed by atoms with E-state index in [0.29, 0.717) is 5.69 Å². The van der Waals surface area contributed by atoms with Gasteiger partial charge in [0.15, 0.2) is 0 Å². The number of rotatable bonds is 14. The Morgan fingerprint density at radius 3 is 1.88 bits per heavy atom. The average molecular weight is 561 g/mol. The highest BCUT2D eigenvalue weighted by Crippen LogP contribution is 2.40. The van der Waals surface area contributed by atoms with Crippen LogP contribution in [0.5, 0.6) is 0 Å². The van der Waals surface area contributed by atoms with Crippen LogP contribution in [0.2, 0.25) is 0 Å². The molecule has 3 aromatic carbocycles. The van der Waals surface area contributed by atoms with E-state index in [4.69, 9.17) is 5.73 Å². The van der Waals surface area contributed by atoms with Gasteiger partial charge in [-0.05, 0) is 16.7 Å².